The lowest BCUT2D eigenvalue weighted by atomic mass is 10.2. The van der Waals surface area contributed by atoms with Crippen molar-refractivity contribution in [2.75, 3.05) is 5.32 Å². The molecule has 0 unspecified atom stereocenters. The number of alkyl halides is 3. The molecule has 0 aliphatic heterocycles. The molecule has 1 aromatic heterocycles. The Hall–Kier alpha value is -4.80. The van der Waals surface area contributed by atoms with Gasteiger partial charge >= 0.3 is 6.18 Å². The number of halogens is 3. The van der Waals surface area contributed by atoms with Crippen molar-refractivity contribution in [1.29, 1.82) is 0 Å². The number of non-ortho nitro benzene ring substituents is 1. The maximum Gasteiger partial charge on any atom is 0.416 e. The third-order valence-electron chi connectivity index (χ3n) is 5.11. The number of nitrogens with one attached hydrogen (secondary N) is 1. The molecule has 1 heterocycles. The fourth-order valence-electron chi connectivity index (χ4n) is 3.33. The quantitative estimate of drug-likeness (QED) is 0.199. The Labute approximate surface area is 208 Å². The molecule has 0 spiro atoms. The summed E-state index contributed by atoms with van der Waals surface area (Å²) >= 11 is 0. The molecular weight excluding hydrogens is 493 g/mol. The monoisotopic (exact) mass is 512 g/mol. The number of anilines is 1. The first-order chi connectivity index (χ1) is 17.6. The molecule has 8 nitrogen and oxygen atoms in total. The second kappa shape index (κ2) is 10.4. The van der Waals surface area contributed by atoms with Crippen LogP contribution >= 0.6 is 0 Å². The zero-order valence-electron chi connectivity index (χ0n) is 19.2. The van der Waals surface area contributed by atoms with Gasteiger partial charge in [-0.25, -0.2) is 0 Å². The van der Waals surface area contributed by atoms with E-state index >= 15 is 0 Å². The maximum absolute atomic E-state index is 13.0. The Morgan fingerprint density at radius 1 is 1.00 bits per heavy atom. The van der Waals surface area contributed by atoms with Gasteiger partial charge in [-0.3, -0.25) is 14.9 Å². The Bertz CT molecular complexity index is 1450. The highest BCUT2D eigenvalue weighted by Crippen LogP contribution is 2.34. The molecule has 0 aliphatic carbocycles. The van der Waals surface area contributed by atoms with Crippen molar-refractivity contribution < 1.29 is 36.8 Å². The number of ether oxygens (including phenoxy) is 2. The van der Waals surface area contributed by atoms with Crippen molar-refractivity contribution >= 4 is 17.3 Å². The number of amides is 1. The molecule has 1 amide bonds. The number of aryl methyl sites for hydroxylation is 1. The van der Waals surface area contributed by atoms with Gasteiger partial charge in [-0.1, -0.05) is 24.3 Å². The first kappa shape index (κ1) is 25.3. The summed E-state index contributed by atoms with van der Waals surface area (Å²) in [5.41, 5.74) is -0.466. The number of carbonyl (C=O) groups excluding carboxylic acids is 1. The van der Waals surface area contributed by atoms with E-state index in [4.69, 9.17) is 13.9 Å². The van der Waals surface area contributed by atoms with Gasteiger partial charge < -0.3 is 19.2 Å². The molecule has 0 fully saturated rings. The van der Waals surface area contributed by atoms with Crippen LogP contribution in [0.25, 0.3) is 0 Å². The van der Waals surface area contributed by atoms with Gasteiger partial charge in [0.15, 0.2) is 5.76 Å². The molecule has 4 aromatic rings. The van der Waals surface area contributed by atoms with Crippen molar-refractivity contribution in [2.45, 2.75) is 19.7 Å². The van der Waals surface area contributed by atoms with Gasteiger partial charge in [-0.2, -0.15) is 13.2 Å². The fourth-order valence-corrected chi connectivity index (χ4v) is 3.33. The highest BCUT2D eigenvalue weighted by Gasteiger charge is 2.30. The number of para-hydroxylation sites is 1. The lowest BCUT2D eigenvalue weighted by molar-refractivity contribution is -0.384. The fraction of sp³-hybridized carbons (Fsp3) is 0.115. The first-order valence-corrected chi connectivity index (χ1v) is 10.8. The SMILES string of the molecule is Cc1ccccc1OCc1ccc(C(=O)Nc2cc(Oc3cccc(C(F)(F)F)c3)cc([N+](=O)[O-])c2)o1. The molecule has 0 saturated heterocycles. The molecule has 4 rings (SSSR count). The number of hydrogen-bond donors (Lipinski definition) is 1. The van der Waals surface area contributed by atoms with Crippen LogP contribution in [0, 0.1) is 17.0 Å². The van der Waals surface area contributed by atoms with E-state index in [2.05, 4.69) is 5.32 Å². The molecule has 0 radical (unpaired) electrons. The molecule has 11 heteroatoms. The van der Waals surface area contributed by atoms with E-state index in [-0.39, 0.29) is 29.6 Å². The van der Waals surface area contributed by atoms with E-state index in [1.54, 1.807) is 12.1 Å². The molecule has 3 aromatic carbocycles. The molecule has 37 heavy (non-hydrogen) atoms. The molecular formula is C26H19F3N2O6. The number of hydrogen-bond acceptors (Lipinski definition) is 6. The van der Waals surface area contributed by atoms with Crippen molar-refractivity contribution in [1.82, 2.24) is 0 Å². The van der Waals surface area contributed by atoms with Gasteiger partial charge in [0.05, 0.1) is 22.2 Å². The lowest BCUT2D eigenvalue weighted by Crippen LogP contribution is -2.11. The largest absolute Gasteiger partial charge is 0.485 e. The normalized spacial score (nSPS) is 11.1. The van der Waals surface area contributed by atoms with Crippen molar-refractivity contribution in [2.24, 2.45) is 0 Å². The summed E-state index contributed by atoms with van der Waals surface area (Å²) in [5.74, 6) is -0.0637. The van der Waals surface area contributed by atoms with E-state index in [1.807, 2.05) is 25.1 Å². The van der Waals surface area contributed by atoms with Crippen molar-refractivity contribution in [3.8, 4) is 17.2 Å². The van der Waals surface area contributed by atoms with Crippen LogP contribution < -0.4 is 14.8 Å². The maximum atomic E-state index is 13.0. The van der Waals surface area contributed by atoms with Gasteiger partial charge in [0, 0.05) is 12.1 Å². The molecule has 1 N–H and O–H groups in total. The number of furan rings is 1. The standard InChI is InChI=1S/C26H19F3N2O6/c1-16-5-2-3-8-23(16)35-15-21-9-10-24(37-21)25(32)30-18-12-19(31(33)34)14-22(13-18)36-20-7-4-6-17(11-20)26(27,28)29/h2-14H,15H2,1H3,(H,30,32). The minimum atomic E-state index is -4.59. The van der Waals surface area contributed by atoms with Crippen LogP contribution in [0.5, 0.6) is 17.2 Å². The second-order valence-electron chi connectivity index (χ2n) is 7.87. The van der Waals surface area contributed by atoms with Gasteiger partial charge in [0.1, 0.15) is 29.6 Å². The van der Waals surface area contributed by atoms with Gasteiger partial charge in [0.25, 0.3) is 11.6 Å². The van der Waals surface area contributed by atoms with Crippen LogP contribution in [0.1, 0.15) is 27.4 Å². The smallest absolute Gasteiger partial charge is 0.416 e. The van der Waals surface area contributed by atoms with E-state index < -0.39 is 28.3 Å². The number of nitrogens with zero attached hydrogens (tertiary/aromatic N) is 1. The van der Waals surface area contributed by atoms with Crippen molar-refractivity contribution in [3.63, 3.8) is 0 Å². The Balaban J connectivity index is 1.49. The summed E-state index contributed by atoms with van der Waals surface area (Å²) in [6.45, 7) is 1.96. The zero-order valence-corrected chi connectivity index (χ0v) is 19.2. The average Bonchev–Trinajstić information content (AvgIpc) is 3.32. The molecule has 190 valence electrons. The molecule has 0 saturated carbocycles. The van der Waals surface area contributed by atoms with Gasteiger partial charge in [-0.05, 0) is 48.9 Å². The first-order valence-electron chi connectivity index (χ1n) is 10.8. The molecule has 0 atom stereocenters. The number of carbonyl (C=O) groups is 1. The third-order valence-corrected chi connectivity index (χ3v) is 5.11. The highest BCUT2D eigenvalue weighted by molar-refractivity contribution is 6.02. The van der Waals surface area contributed by atoms with Crippen molar-refractivity contribution in [3.05, 3.63) is 112 Å². The summed E-state index contributed by atoms with van der Waals surface area (Å²) in [6.07, 6.45) is -4.59. The van der Waals surface area contributed by atoms with Crippen LogP contribution in [0.3, 0.4) is 0 Å². The number of nitro benzene ring substituents is 1. The Kier molecular flexibility index (Phi) is 7.14. The number of nitro groups is 1. The minimum absolute atomic E-state index is 0.0183. The van der Waals surface area contributed by atoms with E-state index in [0.717, 1.165) is 35.9 Å². The summed E-state index contributed by atoms with van der Waals surface area (Å²) in [5, 5.41) is 13.8. The Morgan fingerprint density at radius 2 is 1.78 bits per heavy atom. The molecule has 0 bridgehead atoms. The summed E-state index contributed by atoms with van der Waals surface area (Å²) in [4.78, 5) is 23.3. The van der Waals surface area contributed by atoms with E-state index in [0.29, 0.717) is 11.5 Å². The lowest BCUT2D eigenvalue weighted by Gasteiger charge is -2.11. The van der Waals surface area contributed by atoms with Gasteiger partial charge in [0.2, 0.25) is 0 Å². The summed E-state index contributed by atoms with van der Waals surface area (Å²) < 4.78 is 55.6. The van der Waals surface area contributed by atoms with E-state index in [9.17, 15) is 28.1 Å². The predicted molar refractivity (Wildman–Crippen MR) is 127 cm³/mol. The summed E-state index contributed by atoms with van der Waals surface area (Å²) in [7, 11) is 0. The van der Waals surface area contributed by atoms with E-state index in [1.165, 1.54) is 18.2 Å². The number of benzene rings is 3. The molecule has 0 aliphatic rings. The third kappa shape index (κ3) is 6.45. The summed E-state index contributed by atoms with van der Waals surface area (Å²) in [6, 6.07) is 17.8. The second-order valence-corrected chi connectivity index (χ2v) is 7.87. The average molecular weight is 512 g/mol. The van der Waals surface area contributed by atoms with Crippen LogP contribution in [0.2, 0.25) is 0 Å². The van der Waals surface area contributed by atoms with Crippen LogP contribution in [0.4, 0.5) is 24.5 Å². The number of rotatable bonds is 8. The topological polar surface area (TPSA) is 104 Å². The minimum Gasteiger partial charge on any atom is -0.485 e. The zero-order chi connectivity index (χ0) is 26.6. The van der Waals surface area contributed by atoms with Crippen LogP contribution in [-0.4, -0.2) is 10.8 Å². The highest BCUT2D eigenvalue weighted by atomic mass is 19.4. The van der Waals surface area contributed by atoms with Gasteiger partial charge in [-0.15, -0.1) is 0 Å². The van der Waals surface area contributed by atoms with Crippen LogP contribution in [0.15, 0.2) is 83.3 Å². The van der Waals surface area contributed by atoms with Crippen LogP contribution in [-0.2, 0) is 12.8 Å². The Morgan fingerprint density at radius 3 is 2.51 bits per heavy atom. The predicted octanol–water partition coefficient (Wildman–Crippen LogP) is 7.14.